The summed E-state index contributed by atoms with van der Waals surface area (Å²) in [5, 5.41) is 1.96. The number of benzene rings is 1. The van der Waals surface area contributed by atoms with Gasteiger partial charge < -0.3 is 4.74 Å². The van der Waals surface area contributed by atoms with Crippen LogP contribution >= 0.6 is 0 Å². The van der Waals surface area contributed by atoms with E-state index in [0.29, 0.717) is 0 Å². The number of hydrazine groups is 2. The fourth-order valence-electron chi connectivity index (χ4n) is 2.02. The Labute approximate surface area is 113 Å². The molecule has 0 atom stereocenters. The van der Waals surface area contributed by atoms with Crippen molar-refractivity contribution in [1.29, 1.82) is 0 Å². The normalized spacial score (nSPS) is 15.7. The largest absolute Gasteiger partial charge is 0.443 e. The van der Waals surface area contributed by atoms with Crippen LogP contribution < -0.4 is 11.0 Å². The summed E-state index contributed by atoms with van der Waals surface area (Å²) in [6.45, 7) is 7.13. The van der Waals surface area contributed by atoms with Gasteiger partial charge in [0.2, 0.25) is 0 Å². The van der Waals surface area contributed by atoms with Gasteiger partial charge in [-0.05, 0) is 38.3 Å². The Bertz CT molecular complexity index is 454. The predicted octanol–water partition coefficient (Wildman–Crippen LogP) is 1.99. The molecule has 1 aliphatic heterocycles. The van der Waals surface area contributed by atoms with Gasteiger partial charge in [0, 0.05) is 13.1 Å². The van der Waals surface area contributed by atoms with E-state index in [-0.39, 0.29) is 0 Å². The molecule has 5 nitrogen and oxygen atoms in total. The number of nitrogens with zero attached hydrogens (tertiary/aromatic N) is 1. The van der Waals surface area contributed by atoms with Crippen molar-refractivity contribution in [2.24, 2.45) is 0 Å². The predicted molar refractivity (Wildman–Crippen MR) is 73.1 cm³/mol. The van der Waals surface area contributed by atoms with Crippen molar-refractivity contribution >= 4 is 6.09 Å². The van der Waals surface area contributed by atoms with Crippen LogP contribution in [-0.4, -0.2) is 23.2 Å². The molecule has 2 N–H and O–H groups in total. The van der Waals surface area contributed by atoms with E-state index in [0.717, 1.165) is 19.5 Å². The summed E-state index contributed by atoms with van der Waals surface area (Å²) in [6.07, 6.45) is 0.505. The molecule has 1 aliphatic rings. The highest BCUT2D eigenvalue weighted by molar-refractivity contribution is 5.66. The van der Waals surface area contributed by atoms with Crippen molar-refractivity contribution in [3.63, 3.8) is 0 Å². The van der Waals surface area contributed by atoms with Gasteiger partial charge in [-0.3, -0.25) is 0 Å². The van der Waals surface area contributed by atoms with Crippen LogP contribution in [0.4, 0.5) is 4.79 Å². The molecule has 104 valence electrons. The minimum Gasteiger partial charge on any atom is -0.443 e. The lowest BCUT2D eigenvalue weighted by atomic mass is 10.0. The molecule has 0 saturated heterocycles. The first-order valence-electron chi connectivity index (χ1n) is 6.50. The minimum absolute atomic E-state index is 0.466. The lowest BCUT2D eigenvalue weighted by Gasteiger charge is -2.29. The van der Waals surface area contributed by atoms with E-state index < -0.39 is 11.7 Å². The Hall–Kier alpha value is -1.59. The summed E-state index contributed by atoms with van der Waals surface area (Å²) < 4.78 is 5.16. The summed E-state index contributed by atoms with van der Waals surface area (Å²) in [4.78, 5) is 11.5. The molecule has 0 saturated carbocycles. The topological polar surface area (TPSA) is 53.6 Å². The van der Waals surface area contributed by atoms with Crippen LogP contribution in [0, 0.1) is 0 Å². The highest BCUT2D eigenvalue weighted by atomic mass is 16.6. The smallest absolute Gasteiger partial charge is 0.423 e. The lowest BCUT2D eigenvalue weighted by molar-refractivity contribution is 0.0368. The van der Waals surface area contributed by atoms with Crippen molar-refractivity contribution in [2.45, 2.75) is 39.3 Å². The summed E-state index contributed by atoms with van der Waals surface area (Å²) >= 11 is 0. The molecule has 0 spiro atoms. The van der Waals surface area contributed by atoms with Gasteiger partial charge in [-0.2, -0.15) is 5.53 Å². The van der Waals surface area contributed by atoms with E-state index in [4.69, 9.17) is 4.74 Å². The van der Waals surface area contributed by atoms with Crippen molar-refractivity contribution in [1.82, 2.24) is 16.0 Å². The van der Waals surface area contributed by atoms with E-state index >= 15 is 0 Å². The highest BCUT2D eigenvalue weighted by Crippen LogP contribution is 2.16. The van der Waals surface area contributed by atoms with E-state index in [1.165, 1.54) is 11.1 Å². The van der Waals surface area contributed by atoms with Crippen LogP contribution in [0.25, 0.3) is 0 Å². The van der Waals surface area contributed by atoms with Gasteiger partial charge in [-0.15, -0.1) is 0 Å². The first-order chi connectivity index (χ1) is 8.94. The van der Waals surface area contributed by atoms with Gasteiger partial charge >= 0.3 is 6.09 Å². The maximum Gasteiger partial charge on any atom is 0.423 e. The number of hydrogen-bond donors (Lipinski definition) is 2. The van der Waals surface area contributed by atoms with Crippen LogP contribution in [0.2, 0.25) is 0 Å². The number of fused-ring (bicyclic) bond motifs is 1. The second kappa shape index (κ2) is 5.59. The fourth-order valence-corrected chi connectivity index (χ4v) is 2.02. The van der Waals surface area contributed by atoms with Gasteiger partial charge in [0.1, 0.15) is 5.60 Å². The van der Waals surface area contributed by atoms with Crippen molar-refractivity contribution in [3.05, 3.63) is 35.4 Å². The zero-order valence-electron chi connectivity index (χ0n) is 11.7. The number of hydrogen-bond acceptors (Lipinski definition) is 4. The summed E-state index contributed by atoms with van der Waals surface area (Å²) in [7, 11) is 0. The number of nitrogens with one attached hydrogen (secondary N) is 2. The molecule has 0 bridgehead atoms. The maximum atomic E-state index is 11.5. The zero-order valence-corrected chi connectivity index (χ0v) is 11.7. The lowest BCUT2D eigenvalue weighted by Crippen LogP contribution is -2.52. The second-order valence-corrected chi connectivity index (χ2v) is 5.68. The Morgan fingerprint density at radius 3 is 2.63 bits per heavy atom. The number of amides is 1. The van der Waals surface area contributed by atoms with Crippen LogP contribution in [-0.2, 0) is 17.7 Å². The molecule has 19 heavy (non-hydrogen) atoms. The first kappa shape index (κ1) is 13.8. The second-order valence-electron chi connectivity index (χ2n) is 5.68. The van der Waals surface area contributed by atoms with Gasteiger partial charge in [0.05, 0.1) is 0 Å². The molecule has 1 heterocycles. The van der Waals surface area contributed by atoms with Gasteiger partial charge in [0.25, 0.3) is 0 Å². The molecule has 0 unspecified atom stereocenters. The highest BCUT2D eigenvalue weighted by Gasteiger charge is 2.18. The van der Waals surface area contributed by atoms with Crippen molar-refractivity contribution in [3.8, 4) is 0 Å². The summed E-state index contributed by atoms with van der Waals surface area (Å²) in [5.41, 5.74) is 7.62. The minimum atomic E-state index is -0.486. The maximum absolute atomic E-state index is 11.5. The van der Waals surface area contributed by atoms with E-state index in [2.05, 4.69) is 29.2 Å². The molecule has 0 radical (unpaired) electrons. The molecular formula is C14H21N3O2. The van der Waals surface area contributed by atoms with Gasteiger partial charge in [0.15, 0.2) is 0 Å². The molecule has 1 aromatic rings. The van der Waals surface area contributed by atoms with Crippen LogP contribution in [0.5, 0.6) is 0 Å². The zero-order chi connectivity index (χ0) is 13.9. The molecule has 5 heteroatoms. The third kappa shape index (κ3) is 4.22. The van der Waals surface area contributed by atoms with Gasteiger partial charge in [-0.25, -0.2) is 15.2 Å². The molecule has 1 aromatic carbocycles. The molecule has 2 rings (SSSR count). The van der Waals surface area contributed by atoms with Crippen molar-refractivity contribution < 1.29 is 9.53 Å². The molecule has 1 amide bonds. The SMILES string of the molecule is CC(C)(C)OC(=O)NNN1CCc2ccccc2C1. The first-order valence-corrected chi connectivity index (χ1v) is 6.50. The number of rotatable bonds is 2. The third-order valence-electron chi connectivity index (χ3n) is 2.85. The Morgan fingerprint density at radius 2 is 1.95 bits per heavy atom. The van der Waals surface area contributed by atoms with Crippen LogP contribution in [0.3, 0.4) is 0 Å². The molecule has 0 aliphatic carbocycles. The van der Waals surface area contributed by atoms with Gasteiger partial charge in [-0.1, -0.05) is 24.3 Å². The average Bonchev–Trinajstić information content (AvgIpc) is 2.34. The quantitative estimate of drug-likeness (QED) is 0.801. The van der Waals surface area contributed by atoms with E-state index in [1.807, 2.05) is 31.8 Å². The average molecular weight is 263 g/mol. The number of ether oxygens (including phenoxy) is 1. The molecule has 0 fully saturated rings. The number of carbonyl (C=O) groups excluding carboxylic acids is 1. The van der Waals surface area contributed by atoms with Crippen LogP contribution in [0.1, 0.15) is 31.9 Å². The Balaban J connectivity index is 1.81. The van der Waals surface area contributed by atoms with Crippen molar-refractivity contribution in [2.75, 3.05) is 6.54 Å². The van der Waals surface area contributed by atoms with Crippen LogP contribution in [0.15, 0.2) is 24.3 Å². The summed E-state index contributed by atoms with van der Waals surface area (Å²) in [5.74, 6) is 0. The Kier molecular flexibility index (Phi) is 4.07. The number of carbonyl (C=O) groups is 1. The van der Waals surface area contributed by atoms with E-state index in [1.54, 1.807) is 0 Å². The third-order valence-corrected chi connectivity index (χ3v) is 2.85. The molecule has 0 aromatic heterocycles. The monoisotopic (exact) mass is 263 g/mol. The fraction of sp³-hybridized carbons (Fsp3) is 0.500. The molecular weight excluding hydrogens is 242 g/mol. The van der Waals surface area contributed by atoms with E-state index in [9.17, 15) is 4.79 Å². The standard InChI is InChI=1S/C14H21N3O2/c1-14(2,3)19-13(18)15-16-17-9-8-11-6-4-5-7-12(11)10-17/h4-7,16H,8-10H2,1-3H3,(H,15,18). The Morgan fingerprint density at radius 1 is 1.26 bits per heavy atom. The summed E-state index contributed by atoms with van der Waals surface area (Å²) in [6, 6.07) is 8.34.